The molecule has 0 radical (unpaired) electrons. The molecule has 0 aliphatic heterocycles. The molecule has 0 aliphatic rings. The largest absolute Gasteiger partial charge is 0.469 e. The van der Waals surface area contributed by atoms with Crippen LogP contribution in [0.15, 0.2) is 30.3 Å². The third-order valence-corrected chi connectivity index (χ3v) is 2.73. The van der Waals surface area contributed by atoms with Gasteiger partial charge in [0.2, 0.25) is 5.91 Å². The van der Waals surface area contributed by atoms with Crippen LogP contribution in [0, 0.1) is 5.92 Å². The maximum Gasteiger partial charge on any atom is 0.310 e. The Balaban J connectivity index is 2.88. The highest BCUT2D eigenvalue weighted by molar-refractivity contribution is 5.76. The number of rotatable bonds is 6. The fourth-order valence-corrected chi connectivity index (χ4v) is 1.78. The molecule has 5 heteroatoms. The highest BCUT2D eigenvalue weighted by Crippen LogP contribution is 2.22. The van der Waals surface area contributed by atoms with E-state index < -0.39 is 11.8 Å². The van der Waals surface area contributed by atoms with Crippen molar-refractivity contribution in [3.05, 3.63) is 35.9 Å². The van der Waals surface area contributed by atoms with Gasteiger partial charge in [-0.05, 0) is 5.56 Å². The van der Waals surface area contributed by atoms with Gasteiger partial charge in [0, 0.05) is 6.04 Å². The number of carbonyl (C=O) groups is 2. The number of esters is 1. The number of benzene rings is 1. The molecule has 1 amide bonds. The van der Waals surface area contributed by atoms with E-state index in [1.807, 2.05) is 30.3 Å². The predicted octanol–water partition coefficient (Wildman–Crippen LogP) is 0.612. The van der Waals surface area contributed by atoms with Crippen molar-refractivity contribution in [2.45, 2.75) is 13.0 Å². The summed E-state index contributed by atoms with van der Waals surface area (Å²) in [5.74, 6) is -1.20. The quantitative estimate of drug-likeness (QED) is 0.725. The van der Waals surface area contributed by atoms with Crippen LogP contribution in [-0.4, -0.2) is 25.5 Å². The first-order valence-corrected chi connectivity index (χ1v) is 5.70. The molecule has 2 atom stereocenters. The van der Waals surface area contributed by atoms with Gasteiger partial charge in [0.15, 0.2) is 0 Å². The normalized spacial score (nSPS) is 13.7. The summed E-state index contributed by atoms with van der Waals surface area (Å²) in [5, 5.41) is 2.98. The van der Waals surface area contributed by atoms with Gasteiger partial charge in [-0.15, -0.1) is 0 Å². The Bertz CT molecular complexity index is 406. The molecular weight excluding hydrogens is 232 g/mol. The second-order valence-corrected chi connectivity index (χ2v) is 4.05. The van der Waals surface area contributed by atoms with Gasteiger partial charge in [0.05, 0.1) is 19.6 Å². The monoisotopic (exact) mass is 250 g/mol. The van der Waals surface area contributed by atoms with E-state index in [0.717, 1.165) is 5.56 Å². The number of ether oxygens (including phenoxy) is 1. The number of nitrogens with two attached hydrogens (primary N) is 1. The van der Waals surface area contributed by atoms with Crippen molar-refractivity contribution >= 4 is 11.9 Å². The fourth-order valence-electron chi connectivity index (χ4n) is 1.78. The smallest absolute Gasteiger partial charge is 0.310 e. The highest BCUT2D eigenvalue weighted by Gasteiger charge is 2.26. The molecular formula is C13H18N2O3. The Labute approximate surface area is 106 Å². The molecule has 0 fully saturated rings. The molecule has 0 bridgehead atoms. The molecule has 3 N–H and O–H groups in total. The Hall–Kier alpha value is -1.88. The van der Waals surface area contributed by atoms with Crippen molar-refractivity contribution in [2.75, 3.05) is 13.7 Å². The molecule has 0 aliphatic carbocycles. The first kappa shape index (κ1) is 14.2. The molecule has 1 rings (SSSR count). The van der Waals surface area contributed by atoms with Crippen LogP contribution in [0.2, 0.25) is 0 Å². The molecule has 0 saturated carbocycles. The summed E-state index contributed by atoms with van der Waals surface area (Å²) in [4.78, 5) is 22.4. The average Bonchev–Trinajstić information content (AvgIpc) is 2.38. The Morgan fingerprint density at radius 1 is 1.33 bits per heavy atom. The van der Waals surface area contributed by atoms with Crippen molar-refractivity contribution in [1.29, 1.82) is 0 Å². The molecule has 0 aromatic heterocycles. The van der Waals surface area contributed by atoms with Crippen molar-refractivity contribution in [2.24, 2.45) is 11.7 Å². The summed E-state index contributed by atoms with van der Waals surface area (Å²) in [6.07, 6.45) is 0. The van der Waals surface area contributed by atoms with Crippen molar-refractivity contribution in [3.8, 4) is 0 Å². The van der Waals surface area contributed by atoms with Crippen LogP contribution in [0.3, 0.4) is 0 Å². The van der Waals surface area contributed by atoms with Gasteiger partial charge in [0.1, 0.15) is 0 Å². The molecule has 2 unspecified atom stereocenters. The van der Waals surface area contributed by atoms with Crippen LogP contribution in [0.25, 0.3) is 0 Å². The fraction of sp³-hybridized carbons (Fsp3) is 0.385. The predicted molar refractivity (Wildman–Crippen MR) is 67.6 cm³/mol. The zero-order valence-electron chi connectivity index (χ0n) is 10.6. The van der Waals surface area contributed by atoms with Gasteiger partial charge in [-0.25, -0.2) is 0 Å². The van der Waals surface area contributed by atoms with E-state index >= 15 is 0 Å². The lowest BCUT2D eigenvalue weighted by atomic mass is 9.94. The summed E-state index contributed by atoms with van der Waals surface area (Å²) >= 11 is 0. The minimum atomic E-state index is -0.465. The summed E-state index contributed by atoms with van der Waals surface area (Å²) in [5.41, 5.74) is 6.02. The summed E-state index contributed by atoms with van der Waals surface area (Å²) < 4.78 is 4.73. The van der Waals surface area contributed by atoms with Gasteiger partial charge in [0.25, 0.3) is 0 Å². The number of nitrogens with one attached hydrogen (secondary N) is 1. The van der Waals surface area contributed by atoms with Crippen molar-refractivity contribution < 1.29 is 14.3 Å². The number of methoxy groups -OCH3 is 1. The van der Waals surface area contributed by atoms with Crippen LogP contribution in [0.4, 0.5) is 0 Å². The minimum Gasteiger partial charge on any atom is -0.469 e. The van der Waals surface area contributed by atoms with E-state index in [1.54, 1.807) is 6.92 Å². The topological polar surface area (TPSA) is 81.4 Å². The third kappa shape index (κ3) is 3.85. The molecule has 18 heavy (non-hydrogen) atoms. The van der Waals surface area contributed by atoms with Crippen LogP contribution >= 0.6 is 0 Å². The van der Waals surface area contributed by atoms with Crippen molar-refractivity contribution in [1.82, 2.24) is 5.32 Å². The third-order valence-electron chi connectivity index (χ3n) is 2.73. The first-order valence-electron chi connectivity index (χ1n) is 5.70. The lowest BCUT2D eigenvalue weighted by Crippen LogP contribution is -2.37. The lowest BCUT2D eigenvalue weighted by Gasteiger charge is -2.23. The van der Waals surface area contributed by atoms with E-state index in [-0.39, 0.29) is 18.6 Å². The summed E-state index contributed by atoms with van der Waals surface area (Å²) in [6, 6.07) is 9.11. The number of hydrogen-bond donors (Lipinski definition) is 2. The van der Waals surface area contributed by atoms with Crippen LogP contribution in [-0.2, 0) is 14.3 Å². The van der Waals surface area contributed by atoms with E-state index in [1.165, 1.54) is 7.11 Å². The van der Waals surface area contributed by atoms with Crippen LogP contribution in [0.5, 0.6) is 0 Å². The van der Waals surface area contributed by atoms with E-state index in [4.69, 9.17) is 10.5 Å². The Morgan fingerprint density at radius 2 is 1.94 bits per heavy atom. The molecule has 5 nitrogen and oxygen atoms in total. The molecule has 0 spiro atoms. The SMILES string of the molecule is COC(=O)C(C)C(NCC(N)=O)c1ccccc1. The lowest BCUT2D eigenvalue weighted by molar-refractivity contribution is -0.146. The average molecular weight is 250 g/mol. The number of primary amides is 1. The number of carbonyl (C=O) groups excluding carboxylic acids is 2. The zero-order chi connectivity index (χ0) is 13.5. The summed E-state index contributed by atoms with van der Waals surface area (Å²) in [6.45, 7) is 1.76. The Kier molecular flexibility index (Phi) is 5.32. The minimum absolute atomic E-state index is 0.0148. The van der Waals surface area contributed by atoms with E-state index in [2.05, 4.69) is 5.32 Å². The summed E-state index contributed by atoms with van der Waals surface area (Å²) in [7, 11) is 1.34. The second-order valence-electron chi connectivity index (χ2n) is 4.05. The van der Waals surface area contributed by atoms with Gasteiger partial charge < -0.3 is 15.8 Å². The van der Waals surface area contributed by atoms with Crippen LogP contribution < -0.4 is 11.1 Å². The molecule has 1 aromatic rings. The maximum atomic E-state index is 11.6. The van der Waals surface area contributed by atoms with Gasteiger partial charge in [-0.2, -0.15) is 0 Å². The molecule has 98 valence electrons. The van der Waals surface area contributed by atoms with Gasteiger partial charge in [-0.1, -0.05) is 37.3 Å². The first-order chi connectivity index (χ1) is 8.56. The van der Waals surface area contributed by atoms with E-state index in [9.17, 15) is 9.59 Å². The van der Waals surface area contributed by atoms with Gasteiger partial charge >= 0.3 is 5.97 Å². The van der Waals surface area contributed by atoms with Crippen LogP contribution in [0.1, 0.15) is 18.5 Å². The van der Waals surface area contributed by atoms with Gasteiger partial charge in [-0.3, -0.25) is 9.59 Å². The standard InChI is InChI=1S/C13H18N2O3/c1-9(13(17)18-2)12(15-8-11(14)16)10-6-4-3-5-7-10/h3-7,9,12,15H,8H2,1-2H3,(H2,14,16). The number of hydrogen-bond acceptors (Lipinski definition) is 4. The molecule has 1 aromatic carbocycles. The van der Waals surface area contributed by atoms with Crippen molar-refractivity contribution in [3.63, 3.8) is 0 Å². The Morgan fingerprint density at radius 3 is 2.44 bits per heavy atom. The zero-order valence-corrected chi connectivity index (χ0v) is 10.6. The molecule has 0 saturated heterocycles. The van der Waals surface area contributed by atoms with E-state index in [0.29, 0.717) is 0 Å². The second kappa shape index (κ2) is 6.76. The maximum absolute atomic E-state index is 11.6. The number of amides is 1. The highest BCUT2D eigenvalue weighted by atomic mass is 16.5. The molecule has 0 heterocycles.